The fraction of sp³-hybridized carbons (Fsp3) is 0.125. The maximum absolute atomic E-state index is 12.8. The van der Waals surface area contributed by atoms with Gasteiger partial charge in [0.05, 0.1) is 5.52 Å². The predicted molar refractivity (Wildman–Crippen MR) is 106 cm³/mol. The minimum Gasteiger partial charge on any atom is -0.406 e. The van der Waals surface area contributed by atoms with Crippen molar-refractivity contribution in [2.45, 2.75) is 11.8 Å². The molecule has 0 aliphatic heterocycles. The summed E-state index contributed by atoms with van der Waals surface area (Å²) in [5, 5.41) is -0.224. The number of sulfonamides is 1. The number of halogens is 2. The molecule has 11 heteroatoms. The average molecular weight is 475 g/mol. The Labute approximate surface area is 167 Å². The van der Waals surface area contributed by atoms with Gasteiger partial charge in [-0.1, -0.05) is 11.6 Å². The van der Waals surface area contributed by atoms with Crippen LogP contribution in [-0.2, 0) is 14.8 Å². The normalized spacial score (nSPS) is 11.6. The monoisotopic (exact) mass is 473 g/mol. The molecule has 2 N–H and O–H groups in total. The van der Waals surface area contributed by atoms with Crippen molar-refractivity contribution in [3.05, 3.63) is 50.4 Å². The number of anilines is 2. The third-order valence-electron chi connectivity index (χ3n) is 3.81. The van der Waals surface area contributed by atoms with Crippen molar-refractivity contribution >= 4 is 65.9 Å². The fourth-order valence-electron chi connectivity index (χ4n) is 2.39. The number of benzene rings is 2. The van der Waals surface area contributed by atoms with Crippen LogP contribution in [0.1, 0.15) is 6.92 Å². The average Bonchev–Trinajstić information content (AvgIpc) is 2.94. The molecule has 0 saturated heterocycles. The van der Waals surface area contributed by atoms with E-state index in [-0.39, 0.29) is 37.1 Å². The number of H-pyrrole nitrogens is 1. The third kappa shape index (κ3) is 3.73. The fourth-order valence-corrected chi connectivity index (χ4v) is 5.31. The summed E-state index contributed by atoms with van der Waals surface area (Å²) in [5.74, 6) is -0.896. The van der Waals surface area contributed by atoms with Crippen molar-refractivity contribution in [1.82, 2.24) is 4.98 Å². The van der Waals surface area contributed by atoms with Crippen LogP contribution < -0.4 is 15.4 Å². The molecule has 1 amide bonds. The summed E-state index contributed by atoms with van der Waals surface area (Å²) in [7, 11) is -2.48. The maximum Gasteiger partial charge on any atom is 0.417 e. The summed E-state index contributed by atoms with van der Waals surface area (Å²) >= 11 is 9.33. The van der Waals surface area contributed by atoms with Gasteiger partial charge >= 0.3 is 5.76 Å². The van der Waals surface area contributed by atoms with Gasteiger partial charge in [0.1, 0.15) is 9.92 Å². The summed E-state index contributed by atoms with van der Waals surface area (Å²) in [6.07, 6.45) is 0. The molecule has 1 aromatic heterocycles. The molecule has 0 aliphatic carbocycles. The van der Waals surface area contributed by atoms with Crippen molar-refractivity contribution < 1.29 is 17.6 Å². The lowest BCUT2D eigenvalue weighted by Gasteiger charge is -2.16. The first-order valence-electron chi connectivity index (χ1n) is 7.48. The summed E-state index contributed by atoms with van der Waals surface area (Å²) in [6, 6.07) is 7.63. The summed E-state index contributed by atoms with van der Waals surface area (Å²) < 4.78 is 33.1. The van der Waals surface area contributed by atoms with Crippen LogP contribution in [0.25, 0.3) is 11.1 Å². The molecule has 2 aromatic carbocycles. The smallest absolute Gasteiger partial charge is 0.406 e. The Morgan fingerprint density at radius 3 is 2.52 bits per heavy atom. The minimum absolute atomic E-state index is 0.0522. The maximum atomic E-state index is 12.8. The largest absolute Gasteiger partial charge is 0.417 e. The molecular weight excluding hydrogens is 462 g/mol. The first-order valence-corrected chi connectivity index (χ1v) is 10.1. The second kappa shape index (κ2) is 7.02. The molecule has 0 atom stereocenters. The van der Waals surface area contributed by atoms with Gasteiger partial charge in [0.25, 0.3) is 10.0 Å². The summed E-state index contributed by atoms with van der Waals surface area (Å²) in [6.45, 7) is 1.42. The Morgan fingerprint density at radius 1 is 1.30 bits per heavy atom. The second-order valence-corrected chi connectivity index (χ2v) is 8.47. The molecule has 8 nitrogen and oxygen atoms in total. The first-order chi connectivity index (χ1) is 12.6. The Kier molecular flexibility index (Phi) is 5.06. The Morgan fingerprint density at radius 2 is 1.93 bits per heavy atom. The van der Waals surface area contributed by atoms with E-state index in [1.54, 1.807) is 19.2 Å². The van der Waals surface area contributed by atoms with Crippen LogP contribution >= 0.6 is 27.5 Å². The highest BCUT2D eigenvalue weighted by atomic mass is 79.9. The number of hydrogen-bond donors (Lipinski definition) is 2. The molecule has 3 rings (SSSR count). The number of carbonyl (C=O) groups is 1. The van der Waals surface area contributed by atoms with E-state index in [1.165, 1.54) is 30.0 Å². The van der Waals surface area contributed by atoms with Crippen molar-refractivity contribution in [2.24, 2.45) is 0 Å². The molecule has 0 radical (unpaired) electrons. The highest BCUT2D eigenvalue weighted by Gasteiger charge is 2.26. The topological polar surface area (TPSA) is 112 Å². The Bertz CT molecular complexity index is 1200. The molecule has 0 spiro atoms. The van der Waals surface area contributed by atoms with Crippen LogP contribution in [0, 0.1) is 0 Å². The van der Waals surface area contributed by atoms with E-state index in [4.69, 9.17) is 16.0 Å². The number of amides is 1. The Balaban J connectivity index is 1.99. The van der Waals surface area contributed by atoms with Crippen LogP contribution in [0.15, 0.2) is 48.9 Å². The van der Waals surface area contributed by atoms with Crippen molar-refractivity contribution in [2.75, 3.05) is 16.7 Å². The zero-order valence-electron chi connectivity index (χ0n) is 14.0. The highest BCUT2D eigenvalue weighted by Crippen LogP contribution is 2.36. The number of nitrogens with one attached hydrogen (secondary N) is 2. The second-order valence-electron chi connectivity index (χ2n) is 5.62. The van der Waals surface area contributed by atoms with Crippen LogP contribution in [0.3, 0.4) is 0 Å². The minimum atomic E-state index is -4.09. The summed E-state index contributed by atoms with van der Waals surface area (Å²) in [5.41, 5.74) is 1.10. The van der Waals surface area contributed by atoms with E-state index in [0.29, 0.717) is 5.69 Å². The number of fused-ring (bicyclic) bond motifs is 1. The highest BCUT2D eigenvalue weighted by molar-refractivity contribution is 9.10. The van der Waals surface area contributed by atoms with Gasteiger partial charge in [0.15, 0.2) is 5.58 Å². The lowest BCUT2D eigenvalue weighted by Crippen LogP contribution is -2.22. The molecule has 0 fully saturated rings. The zero-order chi connectivity index (χ0) is 19.9. The molecule has 27 heavy (non-hydrogen) atoms. The number of hydrogen-bond acceptors (Lipinski definition) is 5. The number of rotatable bonds is 4. The van der Waals surface area contributed by atoms with Gasteiger partial charge in [0, 0.05) is 29.8 Å². The molecule has 0 aliphatic rings. The van der Waals surface area contributed by atoms with E-state index in [1.807, 2.05) is 0 Å². The first kappa shape index (κ1) is 19.5. The van der Waals surface area contributed by atoms with Gasteiger partial charge in [-0.15, -0.1) is 0 Å². The van der Waals surface area contributed by atoms with Crippen molar-refractivity contribution in [3.63, 3.8) is 0 Å². The molecule has 0 saturated carbocycles. The molecular formula is C16H13BrClN3O5S. The zero-order valence-corrected chi connectivity index (χ0v) is 17.2. The van der Waals surface area contributed by atoms with Crippen molar-refractivity contribution in [1.29, 1.82) is 0 Å². The molecule has 142 valence electrons. The van der Waals surface area contributed by atoms with Crippen LogP contribution in [0.4, 0.5) is 11.4 Å². The van der Waals surface area contributed by atoms with Gasteiger partial charge < -0.3 is 9.32 Å². The Hall–Kier alpha value is -2.30. The molecule has 0 unspecified atom stereocenters. The van der Waals surface area contributed by atoms with Gasteiger partial charge in [0.2, 0.25) is 5.91 Å². The van der Waals surface area contributed by atoms with E-state index in [9.17, 15) is 18.0 Å². The quantitative estimate of drug-likeness (QED) is 0.602. The van der Waals surface area contributed by atoms with E-state index >= 15 is 0 Å². The molecule has 1 heterocycles. The lowest BCUT2D eigenvalue weighted by atomic mass is 10.2. The number of nitrogens with zero attached hydrogens (tertiary/aromatic N) is 1. The van der Waals surface area contributed by atoms with Crippen LogP contribution in [-0.4, -0.2) is 26.4 Å². The molecule has 3 aromatic rings. The predicted octanol–water partition coefficient (Wildman–Crippen LogP) is 3.32. The lowest BCUT2D eigenvalue weighted by molar-refractivity contribution is -0.116. The van der Waals surface area contributed by atoms with E-state index in [2.05, 4.69) is 25.6 Å². The van der Waals surface area contributed by atoms with Gasteiger partial charge in [-0.2, -0.15) is 0 Å². The number of oxazole rings is 1. The SMILES string of the molecule is CC(=O)N(C)c1ccc(NS(=O)(=O)c2c(Br)cc3[nH]c(=O)oc3c2Cl)cc1. The van der Waals surface area contributed by atoms with E-state index in [0.717, 1.165) is 0 Å². The third-order valence-corrected chi connectivity index (χ3v) is 6.64. The standard InChI is InChI=1S/C16H13BrClN3O5S/c1-8(22)21(2)10-5-3-9(4-6-10)20-27(24,25)15-11(17)7-12-14(13(15)18)26-16(23)19-12/h3-7,20H,1-2H3,(H,19,23). The number of aromatic amines is 1. The number of aromatic nitrogens is 1. The van der Waals surface area contributed by atoms with Crippen LogP contribution in [0.5, 0.6) is 0 Å². The van der Waals surface area contributed by atoms with Gasteiger partial charge in [-0.3, -0.25) is 14.5 Å². The summed E-state index contributed by atoms with van der Waals surface area (Å²) in [4.78, 5) is 26.3. The van der Waals surface area contributed by atoms with Crippen molar-refractivity contribution in [3.8, 4) is 0 Å². The molecule has 0 bridgehead atoms. The van der Waals surface area contributed by atoms with Gasteiger partial charge in [-0.25, -0.2) is 13.2 Å². The van der Waals surface area contributed by atoms with Crippen LogP contribution in [0.2, 0.25) is 5.02 Å². The number of carbonyl (C=O) groups excluding carboxylic acids is 1. The van der Waals surface area contributed by atoms with Gasteiger partial charge in [-0.05, 0) is 46.3 Å². The van der Waals surface area contributed by atoms with E-state index < -0.39 is 15.8 Å².